The van der Waals surface area contributed by atoms with Crippen LogP contribution in [0.25, 0.3) is 0 Å². The maximum absolute atomic E-state index is 13.5. The second kappa shape index (κ2) is 8.79. The molecule has 1 aromatic heterocycles. The summed E-state index contributed by atoms with van der Waals surface area (Å²) in [6.07, 6.45) is 0.450. The Labute approximate surface area is 161 Å². The molecule has 1 atom stereocenters. The van der Waals surface area contributed by atoms with E-state index in [0.717, 1.165) is 16.0 Å². The Kier molecular flexibility index (Phi) is 6.21. The maximum atomic E-state index is 13.5. The number of halogens is 1. The summed E-state index contributed by atoms with van der Waals surface area (Å²) in [6.45, 7) is 2.39. The van der Waals surface area contributed by atoms with Gasteiger partial charge >= 0.3 is 0 Å². The molecule has 2 aromatic carbocycles. The number of rotatable bonds is 7. The summed E-state index contributed by atoms with van der Waals surface area (Å²) in [4.78, 5) is 14.0. The molecule has 0 saturated heterocycles. The van der Waals surface area contributed by atoms with Crippen molar-refractivity contribution in [2.45, 2.75) is 25.9 Å². The molecular formula is C21H21FN2O2S. The van der Waals surface area contributed by atoms with Gasteiger partial charge in [-0.2, -0.15) is 0 Å². The number of thiophene rings is 1. The number of amides is 1. The summed E-state index contributed by atoms with van der Waals surface area (Å²) in [5.74, 6) is -0.437. The Morgan fingerprint density at radius 1 is 1.19 bits per heavy atom. The van der Waals surface area contributed by atoms with Crippen LogP contribution >= 0.6 is 11.3 Å². The fourth-order valence-electron chi connectivity index (χ4n) is 2.71. The van der Waals surface area contributed by atoms with Gasteiger partial charge in [-0.05, 0) is 60.2 Å². The minimum atomic E-state index is -0.501. The molecule has 0 aliphatic heterocycles. The van der Waals surface area contributed by atoms with E-state index < -0.39 is 11.9 Å². The molecule has 140 valence electrons. The quantitative estimate of drug-likeness (QED) is 0.571. The molecule has 0 radical (unpaired) electrons. The monoisotopic (exact) mass is 384 g/mol. The van der Waals surface area contributed by atoms with Crippen LogP contribution in [0, 0.1) is 12.7 Å². The Balaban J connectivity index is 1.75. The third kappa shape index (κ3) is 5.39. The van der Waals surface area contributed by atoms with E-state index in [9.17, 15) is 14.3 Å². The van der Waals surface area contributed by atoms with Crippen LogP contribution in [0.3, 0.4) is 0 Å². The van der Waals surface area contributed by atoms with Crippen LogP contribution in [0.4, 0.5) is 10.1 Å². The van der Waals surface area contributed by atoms with Gasteiger partial charge in [-0.3, -0.25) is 4.79 Å². The molecule has 0 bridgehead atoms. The van der Waals surface area contributed by atoms with Crippen LogP contribution in [0.5, 0.6) is 5.75 Å². The second-order valence-corrected chi connectivity index (χ2v) is 7.36. The number of aromatic hydroxyl groups is 1. The maximum Gasteiger partial charge on any atom is 0.241 e. The zero-order valence-electron chi connectivity index (χ0n) is 14.9. The molecule has 0 aliphatic rings. The number of anilines is 1. The standard InChI is InChI=1S/C21H21FN2O2S/c1-14-4-7-16(22)12-19(14)24-21(26)20(23-13-18-3-2-10-27-18)11-15-5-8-17(25)9-6-15/h2-10,12,20,23,25H,11,13H2,1H3,(H,24,26). The van der Waals surface area contributed by atoms with Gasteiger partial charge < -0.3 is 15.7 Å². The molecule has 3 rings (SSSR count). The number of phenolic OH excluding ortho intramolecular Hbond substituents is 1. The fraction of sp³-hybridized carbons (Fsp3) is 0.190. The Bertz CT molecular complexity index is 895. The summed E-state index contributed by atoms with van der Waals surface area (Å²) in [6, 6.07) is 14.6. The smallest absolute Gasteiger partial charge is 0.241 e. The van der Waals surface area contributed by atoms with Crippen molar-refractivity contribution >= 4 is 22.9 Å². The van der Waals surface area contributed by atoms with Crippen LogP contribution in [0.2, 0.25) is 0 Å². The predicted molar refractivity (Wildman–Crippen MR) is 107 cm³/mol. The van der Waals surface area contributed by atoms with Crippen molar-refractivity contribution in [2.24, 2.45) is 0 Å². The van der Waals surface area contributed by atoms with Crippen LogP contribution in [-0.2, 0) is 17.8 Å². The van der Waals surface area contributed by atoms with E-state index in [0.29, 0.717) is 18.7 Å². The van der Waals surface area contributed by atoms with Crippen LogP contribution < -0.4 is 10.6 Å². The van der Waals surface area contributed by atoms with Gasteiger partial charge in [-0.15, -0.1) is 11.3 Å². The van der Waals surface area contributed by atoms with Gasteiger partial charge in [0, 0.05) is 17.1 Å². The summed E-state index contributed by atoms with van der Waals surface area (Å²) in [5.41, 5.74) is 2.18. The zero-order valence-corrected chi connectivity index (χ0v) is 15.7. The lowest BCUT2D eigenvalue weighted by molar-refractivity contribution is -0.118. The Hall–Kier alpha value is -2.70. The van der Waals surface area contributed by atoms with Gasteiger partial charge in [-0.1, -0.05) is 24.3 Å². The van der Waals surface area contributed by atoms with Gasteiger partial charge in [-0.25, -0.2) is 4.39 Å². The SMILES string of the molecule is Cc1ccc(F)cc1NC(=O)C(Cc1ccc(O)cc1)NCc1cccs1. The molecule has 0 aliphatic carbocycles. The van der Waals surface area contributed by atoms with Gasteiger partial charge in [0.1, 0.15) is 11.6 Å². The third-order valence-electron chi connectivity index (χ3n) is 4.25. The van der Waals surface area contributed by atoms with Crippen LogP contribution in [0.1, 0.15) is 16.0 Å². The van der Waals surface area contributed by atoms with Crippen molar-refractivity contribution < 1.29 is 14.3 Å². The number of aryl methyl sites for hydroxylation is 1. The molecule has 0 spiro atoms. The molecule has 1 heterocycles. The van der Waals surface area contributed by atoms with Crippen LogP contribution in [-0.4, -0.2) is 17.1 Å². The highest BCUT2D eigenvalue weighted by atomic mass is 32.1. The molecular weight excluding hydrogens is 363 g/mol. The minimum Gasteiger partial charge on any atom is -0.508 e. The minimum absolute atomic E-state index is 0.182. The second-order valence-electron chi connectivity index (χ2n) is 6.33. The van der Waals surface area contributed by atoms with E-state index in [1.807, 2.05) is 24.4 Å². The van der Waals surface area contributed by atoms with E-state index in [-0.39, 0.29) is 11.7 Å². The van der Waals surface area contributed by atoms with Crippen molar-refractivity contribution in [3.8, 4) is 5.75 Å². The third-order valence-corrected chi connectivity index (χ3v) is 5.13. The van der Waals surface area contributed by atoms with Crippen molar-refractivity contribution in [2.75, 3.05) is 5.32 Å². The van der Waals surface area contributed by atoms with Crippen molar-refractivity contribution in [3.05, 3.63) is 81.8 Å². The summed E-state index contributed by atoms with van der Waals surface area (Å²) in [7, 11) is 0. The first-order valence-corrected chi connectivity index (χ1v) is 9.50. The lowest BCUT2D eigenvalue weighted by atomic mass is 10.0. The summed E-state index contributed by atoms with van der Waals surface area (Å²) in [5, 5.41) is 17.5. The van der Waals surface area contributed by atoms with Gasteiger partial charge in [0.25, 0.3) is 0 Å². The zero-order chi connectivity index (χ0) is 19.2. The topological polar surface area (TPSA) is 61.4 Å². The molecule has 4 nitrogen and oxygen atoms in total. The molecule has 3 N–H and O–H groups in total. The first kappa shape index (κ1) is 19.1. The predicted octanol–water partition coefficient (Wildman–Crippen LogP) is 4.24. The number of benzene rings is 2. The van der Waals surface area contributed by atoms with E-state index in [4.69, 9.17) is 0 Å². The summed E-state index contributed by atoms with van der Waals surface area (Å²) >= 11 is 1.62. The first-order chi connectivity index (χ1) is 13.0. The number of carbonyl (C=O) groups excluding carboxylic acids is 1. The molecule has 3 aromatic rings. The Morgan fingerprint density at radius 3 is 2.67 bits per heavy atom. The highest BCUT2D eigenvalue weighted by Gasteiger charge is 2.20. The normalized spacial score (nSPS) is 11.9. The average molecular weight is 384 g/mol. The van der Waals surface area contributed by atoms with Gasteiger partial charge in [0.05, 0.1) is 6.04 Å². The molecule has 1 unspecified atom stereocenters. The van der Waals surface area contributed by atoms with E-state index >= 15 is 0 Å². The van der Waals surface area contributed by atoms with Crippen LogP contribution in [0.15, 0.2) is 60.0 Å². The van der Waals surface area contributed by atoms with Crippen molar-refractivity contribution in [1.82, 2.24) is 5.32 Å². The number of phenols is 1. The summed E-state index contributed by atoms with van der Waals surface area (Å²) < 4.78 is 13.5. The number of hydrogen-bond acceptors (Lipinski definition) is 4. The Morgan fingerprint density at radius 2 is 1.96 bits per heavy atom. The molecule has 27 heavy (non-hydrogen) atoms. The highest BCUT2D eigenvalue weighted by Crippen LogP contribution is 2.18. The van der Waals surface area contributed by atoms with Crippen molar-refractivity contribution in [1.29, 1.82) is 0 Å². The van der Waals surface area contributed by atoms with Gasteiger partial charge in [0.2, 0.25) is 5.91 Å². The molecule has 0 saturated carbocycles. The van der Waals surface area contributed by atoms with Gasteiger partial charge in [0.15, 0.2) is 0 Å². The first-order valence-electron chi connectivity index (χ1n) is 8.62. The highest BCUT2D eigenvalue weighted by molar-refractivity contribution is 7.09. The largest absolute Gasteiger partial charge is 0.508 e. The van der Waals surface area contributed by atoms with E-state index in [1.54, 1.807) is 41.7 Å². The number of hydrogen-bond donors (Lipinski definition) is 3. The number of carbonyl (C=O) groups is 1. The van der Waals surface area contributed by atoms with E-state index in [2.05, 4.69) is 10.6 Å². The molecule has 0 fully saturated rings. The number of nitrogens with one attached hydrogen (secondary N) is 2. The fourth-order valence-corrected chi connectivity index (χ4v) is 3.37. The molecule has 6 heteroatoms. The average Bonchev–Trinajstić information content (AvgIpc) is 3.17. The van der Waals surface area contributed by atoms with E-state index in [1.165, 1.54) is 12.1 Å². The van der Waals surface area contributed by atoms with Crippen molar-refractivity contribution in [3.63, 3.8) is 0 Å². The lowest BCUT2D eigenvalue weighted by Gasteiger charge is -2.19. The molecule has 1 amide bonds. The lowest BCUT2D eigenvalue weighted by Crippen LogP contribution is -2.41.